The van der Waals surface area contributed by atoms with Gasteiger partial charge < -0.3 is 15.6 Å². The second kappa shape index (κ2) is 4.36. The number of nitrogens with zero attached hydrogens (tertiary/aromatic N) is 1. The number of nitrogens with one attached hydrogen (secondary N) is 1. The van der Waals surface area contributed by atoms with E-state index >= 15 is 0 Å². The predicted octanol–water partition coefficient (Wildman–Crippen LogP) is 2.27. The molecule has 1 heterocycles. The molecule has 2 aromatic rings. The molecular weight excluding hydrogens is 274 g/mol. The van der Waals surface area contributed by atoms with E-state index in [2.05, 4.69) is 30.9 Å². The fourth-order valence-corrected chi connectivity index (χ4v) is 1.72. The smallest absolute Gasteiger partial charge is 0.255 e. The summed E-state index contributed by atoms with van der Waals surface area (Å²) >= 11 is 3.27. The standard InChI is InChI=1S/C10H8BrN3O2/c11-7-1-6(2-8(12)3-7)10(15)14-9-4-13-16-5-9/h1-5H,12H2,(H,14,15). The summed E-state index contributed by atoms with van der Waals surface area (Å²) in [5.74, 6) is -0.267. The third kappa shape index (κ3) is 2.40. The van der Waals surface area contributed by atoms with Crippen LogP contribution in [0.3, 0.4) is 0 Å². The minimum absolute atomic E-state index is 0.267. The molecule has 5 nitrogen and oxygen atoms in total. The summed E-state index contributed by atoms with van der Waals surface area (Å²) in [6.07, 6.45) is 2.76. The van der Waals surface area contributed by atoms with Crippen molar-refractivity contribution in [1.82, 2.24) is 5.16 Å². The van der Waals surface area contributed by atoms with Crippen LogP contribution in [0.25, 0.3) is 0 Å². The zero-order chi connectivity index (χ0) is 11.5. The van der Waals surface area contributed by atoms with Gasteiger partial charge in [0.25, 0.3) is 5.91 Å². The first-order chi connectivity index (χ1) is 7.65. The lowest BCUT2D eigenvalue weighted by Crippen LogP contribution is -2.11. The van der Waals surface area contributed by atoms with Crippen molar-refractivity contribution >= 4 is 33.2 Å². The molecule has 0 unspecified atom stereocenters. The highest BCUT2D eigenvalue weighted by atomic mass is 79.9. The molecule has 2 rings (SSSR count). The van der Waals surface area contributed by atoms with Gasteiger partial charge in [-0.15, -0.1) is 0 Å². The number of amides is 1. The zero-order valence-corrected chi connectivity index (χ0v) is 9.69. The number of anilines is 2. The number of nitrogen functional groups attached to an aromatic ring is 1. The molecular formula is C10H8BrN3O2. The zero-order valence-electron chi connectivity index (χ0n) is 8.11. The fraction of sp³-hybridized carbons (Fsp3) is 0. The number of hydrogen-bond acceptors (Lipinski definition) is 4. The van der Waals surface area contributed by atoms with E-state index in [1.165, 1.54) is 12.5 Å². The molecule has 0 atom stereocenters. The lowest BCUT2D eigenvalue weighted by molar-refractivity contribution is 0.102. The van der Waals surface area contributed by atoms with Crippen LogP contribution in [0.5, 0.6) is 0 Å². The van der Waals surface area contributed by atoms with E-state index in [0.717, 1.165) is 4.47 Å². The lowest BCUT2D eigenvalue weighted by atomic mass is 10.2. The van der Waals surface area contributed by atoms with Crippen LogP contribution in [-0.2, 0) is 0 Å². The topological polar surface area (TPSA) is 81.2 Å². The monoisotopic (exact) mass is 281 g/mol. The first-order valence-corrected chi connectivity index (χ1v) is 5.21. The Morgan fingerprint density at radius 1 is 1.44 bits per heavy atom. The van der Waals surface area contributed by atoms with E-state index in [1.54, 1.807) is 18.2 Å². The molecule has 0 saturated heterocycles. The number of rotatable bonds is 2. The van der Waals surface area contributed by atoms with Crippen molar-refractivity contribution < 1.29 is 9.32 Å². The number of benzene rings is 1. The fourth-order valence-electron chi connectivity index (χ4n) is 1.21. The van der Waals surface area contributed by atoms with Gasteiger partial charge in [-0.05, 0) is 18.2 Å². The Morgan fingerprint density at radius 2 is 2.25 bits per heavy atom. The molecule has 0 saturated carbocycles. The van der Waals surface area contributed by atoms with Gasteiger partial charge in [-0.3, -0.25) is 4.79 Å². The van der Waals surface area contributed by atoms with Crippen LogP contribution < -0.4 is 11.1 Å². The quantitative estimate of drug-likeness (QED) is 0.828. The molecule has 82 valence electrons. The molecule has 0 fully saturated rings. The van der Waals surface area contributed by atoms with Gasteiger partial charge >= 0.3 is 0 Å². The van der Waals surface area contributed by atoms with E-state index in [4.69, 9.17) is 5.73 Å². The number of carbonyl (C=O) groups excluding carboxylic acids is 1. The SMILES string of the molecule is Nc1cc(Br)cc(C(=O)Nc2cnoc2)c1. The molecule has 0 aliphatic carbocycles. The first kappa shape index (κ1) is 10.7. The normalized spacial score (nSPS) is 10.1. The lowest BCUT2D eigenvalue weighted by Gasteiger charge is -2.03. The Hall–Kier alpha value is -1.82. The van der Waals surface area contributed by atoms with Crippen LogP contribution >= 0.6 is 15.9 Å². The van der Waals surface area contributed by atoms with Gasteiger partial charge in [0.1, 0.15) is 12.0 Å². The maximum atomic E-state index is 11.8. The number of hydrogen-bond donors (Lipinski definition) is 2. The van der Waals surface area contributed by atoms with Crippen molar-refractivity contribution in [2.45, 2.75) is 0 Å². The predicted molar refractivity (Wildman–Crippen MR) is 63.0 cm³/mol. The minimum Gasteiger partial charge on any atom is -0.399 e. The average Bonchev–Trinajstić information content (AvgIpc) is 2.68. The van der Waals surface area contributed by atoms with Crippen LogP contribution in [0.2, 0.25) is 0 Å². The van der Waals surface area contributed by atoms with Crippen molar-refractivity contribution in [3.05, 3.63) is 40.7 Å². The van der Waals surface area contributed by atoms with Crippen molar-refractivity contribution in [1.29, 1.82) is 0 Å². The van der Waals surface area contributed by atoms with Crippen LogP contribution in [0.15, 0.2) is 39.7 Å². The summed E-state index contributed by atoms with van der Waals surface area (Å²) in [4.78, 5) is 11.8. The van der Waals surface area contributed by atoms with E-state index in [0.29, 0.717) is 16.9 Å². The van der Waals surface area contributed by atoms with Gasteiger partial charge in [-0.1, -0.05) is 21.1 Å². The van der Waals surface area contributed by atoms with Crippen LogP contribution in [0.4, 0.5) is 11.4 Å². The van der Waals surface area contributed by atoms with Crippen molar-refractivity contribution in [2.24, 2.45) is 0 Å². The van der Waals surface area contributed by atoms with Gasteiger partial charge in [0.05, 0.1) is 6.20 Å². The van der Waals surface area contributed by atoms with E-state index in [1.807, 2.05) is 0 Å². The van der Waals surface area contributed by atoms with Gasteiger partial charge in [0.15, 0.2) is 0 Å². The summed E-state index contributed by atoms with van der Waals surface area (Å²) in [5.41, 5.74) is 7.12. The average molecular weight is 282 g/mol. The van der Waals surface area contributed by atoms with Gasteiger partial charge in [0, 0.05) is 15.7 Å². The highest BCUT2D eigenvalue weighted by Crippen LogP contribution is 2.18. The second-order valence-corrected chi connectivity index (χ2v) is 4.06. The highest BCUT2D eigenvalue weighted by Gasteiger charge is 2.08. The number of nitrogens with two attached hydrogens (primary N) is 1. The van der Waals surface area contributed by atoms with Gasteiger partial charge in [-0.2, -0.15) is 0 Å². The molecule has 0 bridgehead atoms. The van der Waals surface area contributed by atoms with Crippen molar-refractivity contribution in [3.63, 3.8) is 0 Å². The maximum Gasteiger partial charge on any atom is 0.255 e. The minimum atomic E-state index is -0.267. The molecule has 6 heteroatoms. The van der Waals surface area contributed by atoms with Crippen LogP contribution in [0, 0.1) is 0 Å². The number of halogens is 1. The third-order valence-corrected chi connectivity index (χ3v) is 2.33. The number of aromatic nitrogens is 1. The Morgan fingerprint density at radius 3 is 2.88 bits per heavy atom. The molecule has 1 aromatic carbocycles. The highest BCUT2D eigenvalue weighted by molar-refractivity contribution is 9.10. The Balaban J connectivity index is 2.21. The Bertz CT molecular complexity index is 491. The van der Waals surface area contributed by atoms with Gasteiger partial charge in [-0.25, -0.2) is 0 Å². The maximum absolute atomic E-state index is 11.8. The molecule has 0 radical (unpaired) electrons. The molecule has 0 aliphatic rings. The largest absolute Gasteiger partial charge is 0.399 e. The third-order valence-electron chi connectivity index (χ3n) is 1.87. The Labute approximate surface area is 99.7 Å². The van der Waals surface area contributed by atoms with Gasteiger partial charge in [0.2, 0.25) is 0 Å². The molecule has 0 aliphatic heterocycles. The first-order valence-electron chi connectivity index (χ1n) is 4.42. The van der Waals surface area contributed by atoms with E-state index < -0.39 is 0 Å². The Kier molecular flexibility index (Phi) is 2.91. The molecule has 1 aromatic heterocycles. The summed E-state index contributed by atoms with van der Waals surface area (Å²) in [6, 6.07) is 4.99. The molecule has 3 N–H and O–H groups in total. The summed E-state index contributed by atoms with van der Waals surface area (Å²) in [5, 5.41) is 6.10. The van der Waals surface area contributed by atoms with Crippen LogP contribution in [0.1, 0.15) is 10.4 Å². The summed E-state index contributed by atoms with van der Waals surface area (Å²) in [7, 11) is 0. The van der Waals surface area contributed by atoms with E-state index in [9.17, 15) is 4.79 Å². The van der Waals surface area contributed by atoms with Crippen LogP contribution in [-0.4, -0.2) is 11.1 Å². The molecule has 1 amide bonds. The molecule has 0 spiro atoms. The molecule has 16 heavy (non-hydrogen) atoms. The summed E-state index contributed by atoms with van der Waals surface area (Å²) < 4.78 is 5.35. The van der Waals surface area contributed by atoms with Crippen molar-refractivity contribution in [2.75, 3.05) is 11.1 Å². The number of carbonyl (C=O) groups is 1. The second-order valence-electron chi connectivity index (χ2n) is 3.14. The van der Waals surface area contributed by atoms with Crippen molar-refractivity contribution in [3.8, 4) is 0 Å². The summed E-state index contributed by atoms with van der Waals surface area (Å²) in [6.45, 7) is 0. The van der Waals surface area contributed by atoms with E-state index in [-0.39, 0.29) is 5.91 Å².